The van der Waals surface area contributed by atoms with E-state index >= 15 is 0 Å². The smallest absolute Gasteiger partial charge is 0.00889 e. The summed E-state index contributed by atoms with van der Waals surface area (Å²) >= 11 is 1.95. The van der Waals surface area contributed by atoms with E-state index in [1.165, 1.54) is 44.6 Å². The van der Waals surface area contributed by atoms with E-state index in [0.29, 0.717) is 12.0 Å². The molecule has 0 aromatic heterocycles. The Labute approximate surface area is 92.6 Å². The number of nitrogens with zero attached hydrogens (tertiary/aromatic N) is 1. The average molecular weight is 216 g/mol. The summed E-state index contributed by atoms with van der Waals surface area (Å²) in [4.78, 5) is 2.58. The highest BCUT2D eigenvalue weighted by Gasteiger charge is 2.22. The highest BCUT2D eigenvalue weighted by Crippen LogP contribution is 2.15. The molecule has 1 saturated heterocycles. The monoisotopic (exact) mass is 216 g/mol. The van der Waals surface area contributed by atoms with Gasteiger partial charge in [0, 0.05) is 12.6 Å². The lowest BCUT2D eigenvalue weighted by Crippen LogP contribution is -2.46. The molecule has 0 saturated carbocycles. The van der Waals surface area contributed by atoms with Gasteiger partial charge in [-0.15, -0.1) is 0 Å². The Morgan fingerprint density at radius 1 is 1.43 bits per heavy atom. The molecule has 0 bridgehead atoms. The lowest BCUT2D eigenvalue weighted by molar-refractivity contribution is 0.163. The third kappa shape index (κ3) is 4.20. The van der Waals surface area contributed by atoms with E-state index in [-0.39, 0.29) is 0 Å². The van der Waals surface area contributed by atoms with Gasteiger partial charge in [0.15, 0.2) is 0 Å². The lowest BCUT2D eigenvalue weighted by atomic mass is 9.95. The van der Waals surface area contributed by atoms with E-state index in [4.69, 9.17) is 5.73 Å². The molecule has 3 heteroatoms. The molecular weight excluding hydrogens is 192 g/mol. The van der Waals surface area contributed by atoms with Crippen molar-refractivity contribution in [3.63, 3.8) is 0 Å². The SMILES string of the molecule is CSCCCCN1CCC(N)C(C)C1. The summed E-state index contributed by atoms with van der Waals surface area (Å²) in [5.74, 6) is 1.99. The molecule has 1 aliphatic heterocycles. The van der Waals surface area contributed by atoms with Crippen LogP contribution >= 0.6 is 11.8 Å². The molecule has 2 atom stereocenters. The number of piperidine rings is 1. The van der Waals surface area contributed by atoms with Gasteiger partial charge in [-0.25, -0.2) is 0 Å². The van der Waals surface area contributed by atoms with Gasteiger partial charge in [0.1, 0.15) is 0 Å². The van der Waals surface area contributed by atoms with Crippen LogP contribution in [0.15, 0.2) is 0 Å². The predicted molar refractivity (Wildman–Crippen MR) is 65.8 cm³/mol. The van der Waals surface area contributed by atoms with Crippen LogP contribution in [-0.2, 0) is 0 Å². The van der Waals surface area contributed by atoms with Crippen LogP contribution in [-0.4, -0.2) is 42.6 Å². The van der Waals surface area contributed by atoms with Crippen molar-refractivity contribution in [3.8, 4) is 0 Å². The molecule has 0 aliphatic carbocycles. The van der Waals surface area contributed by atoms with E-state index in [1.54, 1.807) is 0 Å². The van der Waals surface area contributed by atoms with Crippen LogP contribution in [0.1, 0.15) is 26.2 Å². The molecule has 84 valence electrons. The van der Waals surface area contributed by atoms with Crippen LogP contribution in [0.2, 0.25) is 0 Å². The van der Waals surface area contributed by atoms with Crippen molar-refractivity contribution in [2.24, 2.45) is 11.7 Å². The van der Waals surface area contributed by atoms with Crippen molar-refractivity contribution < 1.29 is 0 Å². The van der Waals surface area contributed by atoms with Crippen molar-refractivity contribution >= 4 is 11.8 Å². The van der Waals surface area contributed by atoms with Gasteiger partial charge in [0.05, 0.1) is 0 Å². The number of hydrogen-bond acceptors (Lipinski definition) is 3. The number of rotatable bonds is 5. The minimum atomic E-state index is 0.442. The highest BCUT2D eigenvalue weighted by molar-refractivity contribution is 7.98. The summed E-state index contributed by atoms with van der Waals surface area (Å²) in [6.45, 7) is 5.97. The number of thioether (sulfide) groups is 1. The second-order valence-electron chi connectivity index (χ2n) is 4.43. The van der Waals surface area contributed by atoms with Crippen molar-refractivity contribution in [1.82, 2.24) is 4.90 Å². The molecule has 2 unspecified atom stereocenters. The zero-order chi connectivity index (χ0) is 10.4. The first-order valence-electron chi connectivity index (χ1n) is 5.71. The standard InChI is InChI=1S/C11H24N2S/c1-10-9-13(7-5-11(10)12)6-3-4-8-14-2/h10-11H,3-9,12H2,1-2H3. The van der Waals surface area contributed by atoms with Crippen LogP contribution in [0, 0.1) is 5.92 Å². The van der Waals surface area contributed by atoms with Crippen molar-refractivity contribution in [1.29, 1.82) is 0 Å². The molecule has 2 N–H and O–H groups in total. The van der Waals surface area contributed by atoms with Gasteiger partial charge in [-0.1, -0.05) is 6.92 Å². The van der Waals surface area contributed by atoms with Gasteiger partial charge in [0.25, 0.3) is 0 Å². The second kappa shape index (κ2) is 6.70. The first kappa shape index (κ1) is 12.3. The van der Waals surface area contributed by atoms with Gasteiger partial charge >= 0.3 is 0 Å². The number of unbranched alkanes of at least 4 members (excludes halogenated alkanes) is 1. The fraction of sp³-hybridized carbons (Fsp3) is 1.00. The third-order valence-corrected chi connectivity index (χ3v) is 3.83. The molecule has 0 aromatic rings. The van der Waals surface area contributed by atoms with Crippen LogP contribution in [0.25, 0.3) is 0 Å². The van der Waals surface area contributed by atoms with E-state index in [0.717, 1.165) is 0 Å². The second-order valence-corrected chi connectivity index (χ2v) is 5.42. The molecule has 0 radical (unpaired) electrons. The van der Waals surface area contributed by atoms with Crippen LogP contribution < -0.4 is 5.73 Å². The zero-order valence-corrected chi connectivity index (χ0v) is 10.4. The number of likely N-dealkylation sites (tertiary alicyclic amines) is 1. The molecule has 14 heavy (non-hydrogen) atoms. The van der Waals surface area contributed by atoms with Crippen molar-refractivity contribution in [2.45, 2.75) is 32.2 Å². The van der Waals surface area contributed by atoms with Gasteiger partial charge in [0.2, 0.25) is 0 Å². The molecule has 0 amide bonds. The summed E-state index contributed by atoms with van der Waals surface area (Å²) in [5, 5.41) is 0. The van der Waals surface area contributed by atoms with Crippen molar-refractivity contribution in [3.05, 3.63) is 0 Å². The van der Waals surface area contributed by atoms with Gasteiger partial charge < -0.3 is 10.6 Å². The molecule has 1 aliphatic rings. The summed E-state index contributed by atoms with van der Waals surface area (Å²) in [5.41, 5.74) is 5.99. The number of nitrogens with two attached hydrogens (primary N) is 1. The first-order chi connectivity index (χ1) is 6.74. The normalized spacial score (nSPS) is 29.4. The topological polar surface area (TPSA) is 29.3 Å². The predicted octanol–water partition coefficient (Wildman–Crippen LogP) is 1.80. The van der Waals surface area contributed by atoms with E-state index in [9.17, 15) is 0 Å². The zero-order valence-electron chi connectivity index (χ0n) is 9.54. The maximum atomic E-state index is 5.99. The minimum Gasteiger partial charge on any atom is -0.327 e. The molecule has 1 fully saturated rings. The Morgan fingerprint density at radius 2 is 2.21 bits per heavy atom. The summed E-state index contributed by atoms with van der Waals surface area (Å²) in [6.07, 6.45) is 6.08. The average Bonchev–Trinajstić information content (AvgIpc) is 2.18. The largest absolute Gasteiger partial charge is 0.327 e. The van der Waals surface area contributed by atoms with Gasteiger partial charge in [-0.3, -0.25) is 0 Å². The molecule has 1 heterocycles. The van der Waals surface area contributed by atoms with Crippen LogP contribution in [0.5, 0.6) is 0 Å². The maximum Gasteiger partial charge on any atom is 0.00889 e. The molecular formula is C11H24N2S. The first-order valence-corrected chi connectivity index (χ1v) is 7.10. The van der Waals surface area contributed by atoms with Gasteiger partial charge in [-0.05, 0) is 50.3 Å². The maximum absolute atomic E-state index is 5.99. The summed E-state index contributed by atoms with van der Waals surface area (Å²) in [6, 6.07) is 0.442. The minimum absolute atomic E-state index is 0.442. The van der Waals surface area contributed by atoms with E-state index < -0.39 is 0 Å². The lowest BCUT2D eigenvalue weighted by Gasteiger charge is -2.35. The third-order valence-electron chi connectivity index (χ3n) is 3.13. The van der Waals surface area contributed by atoms with E-state index in [1.807, 2.05) is 11.8 Å². The fourth-order valence-electron chi connectivity index (χ4n) is 2.04. The Morgan fingerprint density at radius 3 is 2.86 bits per heavy atom. The van der Waals surface area contributed by atoms with Crippen LogP contribution in [0.3, 0.4) is 0 Å². The fourth-order valence-corrected chi connectivity index (χ4v) is 2.53. The Balaban J connectivity index is 2.07. The molecule has 1 rings (SSSR count). The number of hydrogen-bond donors (Lipinski definition) is 1. The Hall–Kier alpha value is 0.270. The van der Waals surface area contributed by atoms with Crippen molar-refractivity contribution in [2.75, 3.05) is 31.6 Å². The Bertz CT molecular complexity index is 152. The quantitative estimate of drug-likeness (QED) is 0.711. The van der Waals surface area contributed by atoms with Gasteiger partial charge in [-0.2, -0.15) is 11.8 Å². The summed E-state index contributed by atoms with van der Waals surface area (Å²) in [7, 11) is 0. The molecule has 2 nitrogen and oxygen atoms in total. The molecule has 0 spiro atoms. The van der Waals surface area contributed by atoms with E-state index in [2.05, 4.69) is 18.1 Å². The summed E-state index contributed by atoms with van der Waals surface area (Å²) < 4.78 is 0. The Kier molecular flexibility index (Phi) is 5.90. The highest BCUT2D eigenvalue weighted by atomic mass is 32.2. The van der Waals surface area contributed by atoms with Crippen LogP contribution in [0.4, 0.5) is 0 Å². The molecule has 0 aromatic carbocycles.